The lowest BCUT2D eigenvalue weighted by Crippen LogP contribution is -2.61. The molecule has 10 rings (SSSR count). The summed E-state index contributed by atoms with van der Waals surface area (Å²) in [5.74, 6) is -0.367. The number of aliphatic hydroxyl groups excluding tert-OH is 2. The van der Waals surface area contributed by atoms with Crippen LogP contribution in [0.3, 0.4) is 0 Å². The summed E-state index contributed by atoms with van der Waals surface area (Å²) in [6, 6.07) is 0. The first-order valence-electron chi connectivity index (χ1n) is 20.0. The molecule has 0 aromatic heterocycles. The number of aliphatic hydroxyl groups is 2. The Morgan fingerprint density at radius 2 is 1.49 bits per heavy atom. The molecule has 0 aliphatic carbocycles. The summed E-state index contributed by atoms with van der Waals surface area (Å²) in [5.41, 5.74) is 2.22. The number of carbonyl (C=O) groups is 1. The molecular formula is C40H58O11. The zero-order valence-corrected chi connectivity index (χ0v) is 30.3. The van der Waals surface area contributed by atoms with Crippen molar-refractivity contribution in [2.45, 2.75) is 195 Å². The molecule has 11 nitrogen and oxygen atoms in total. The Morgan fingerprint density at radius 1 is 0.745 bits per heavy atom. The summed E-state index contributed by atoms with van der Waals surface area (Å²) in [4.78, 5) is 14.0. The van der Waals surface area contributed by atoms with Crippen molar-refractivity contribution in [2.75, 3.05) is 6.61 Å². The van der Waals surface area contributed by atoms with E-state index in [0.717, 1.165) is 56.1 Å². The van der Waals surface area contributed by atoms with E-state index < -0.39 is 11.9 Å². The molecule has 2 N–H and O–H groups in total. The van der Waals surface area contributed by atoms with Crippen LogP contribution in [0, 0.1) is 17.8 Å². The maximum atomic E-state index is 14.0. The van der Waals surface area contributed by atoms with Crippen LogP contribution in [0.1, 0.15) is 97.3 Å². The molecule has 10 aliphatic heterocycles. The second kappa shape index (κ2) is 13.8. The van der Waals surface area contributed by atoms with E-state index in [-0.39, 0.29) is 110 Å². The molecule has 0 amide bonds. The van der Waals surface area contributed by atoms with E-state index in [1.54, 1.807) is 0 Å². The Labute approximate surface area is 301 Å². The number of fused-ring (bicyclic) bond motifs is 6. The molecule has 10 aliphatic rings. The smallest absolute Gasteiger partial charge is 0.172 e. The molecule has 12 bridgehead atoms. The highest BCUT2D eigenvalue weighted by atomic mass is 16.8. The summed E-state index contributed by atoms with van der Waals surface area (Å²) in [6.45, 7) is 12.9. The predicted octanol–water partition coefficient (Wildman–Crippen LogP) is 4.09. The van der Waals surface area contributed by atoms with E-state index in [9.17, 15) is 15.0 Å². The summed E-state index contributed by atoms with van der Waals surface area (Å²) in [7, 11) is 0. The van der Waals surface area contributed by atoms with Crippen molar-refractivity contribution < 1.29 is 52.9 Å². The lowest BCUT2D eigenvalue weighted by atomic mass is 9.79. The fourth-order valence-electron chi connectivity index (χ4n) is 11.3. The normalized spacial score (nSPS) is 53.2. The highest BCUT2D eigenvalue weighted by molar-refractivity contribution is 5.79. The molecule has 10 fully saturated rings. The van der Waals surface area contributed by atoms with Gasteiger partial charge in [-0.25, -0.2) is 0 Å². The van der Waals surface area contributed by atoms with Crippen LogP contribution in [-0.2, 0) is 42.7 Å². The zero-order chi connectivity index (χ0) is 35.2. The van der Waals surface area contributed by atoms with E-state index in [4.69, 9.17) is 37.9 Å². The summed E-state index contributed by atoms with van der Waals surface area (Å²) in [6.07, 6.45) is 5.65. The molecule has 11 heteroatoms. The zero-order valence-electron chi connectivity index (χ0n) is 30.3. The van der Waals surface area contributed by atoms with Crippen LogP contribution in [0.15, 0.2) is 24.3 Å². The van der Waals surface area contributed by atoms with Gasteiger partial charge >= 0.3 is 0 Å². The number of hydrogen-bond acceptors (Lipinski definition) is 11. The third-order valence-corrected chi connectivity index (χ3v) is 14.1. The first-order chi connectivity index (χ1) is 24.6. The van der Waals surface area contributed by atoms with Gasteiger partial charge in [-0.1, -0.05) is 27.0 Å². The van der Waals surface area contributed by atoms with Crippen LogP contribution < -0.4 is 0 Å². The second-order valence-corrected chi connectivity index (χ2v) is 17.5. The maximum absolute atomic E-state index is 14.0. The Bertz CT molecular complexity index is 1360. The summed E-state index contributed by atoms with van der Waals surface area (Å²) >= 11 is 0. The molecule has 4 unspecified atom stereocenters. The van der Waals surface area contributed by atoms with Gasteiger partial charge in [0.15, 0.2) is 5.79 Å². The molecule has 0 saturated carbocycles. The highest BCUT2D eigenvalue weighted by Crippen LogP contribution is 2.54. The molecule has 0 aromatic carbocycles. The molecule has 1 spiro atoms. The topological polar surface area (TPSA) is 131 Å². The molecule has 284 valence electrons. The fourth-order valence-corrected chi connectivity index (χ4v) is 11.3. The first-order valence-corrected chi connectivity index (χ1v) is 20.0. The van der Waals surface area contributed by atoms with Gasteiger partial charge < -0.3 is 48.1 Å². The van der Waals surface area contributed by atoms with Crippen molar-refractivity contribution in [1.29, 1.82) is 0 Å². The Hall–Kier alpha value is -1.25. The average molecular weight is 715 g/mol. The first kappa shape index (κ1) is 35.5. The van der Waals surface area contributed by atoms with Crippen LogP contribution in [0.5, 0.6) is 0 Å². The molecule has 10 saturated heterocycles. The van der Waals surface area contributed by atoms with Crippen LogP contribution >= 0.6 is 0 Å². The van der Waals surface area contributed by atoms with Crippen LogP contribution in [-0.4, -0.2) is 120 Å². The number of hydrogen-bond donors (Lipinski definition) is 2. The van der Waals surface area contributed by atoms with Gasteiger partial charge in [0.05, 0.1) is 67.6 Å². The molecule has 10 heterocycles. The van der Waals surface area contributed by atoms with Crippen molar-refractivity contribution in [3.63, 3.8) is 0 Å². The molecule has 0 radical (unpaired) electrons. The van der Waals surface area contributed by atoms with Crippen molar-refractivity contribution in [2.24, 2.45) is 17.8 Å². The largest absolute Gasteiger partial charge is 0.394 e. The van der Waals surface area contributed by atoms with E-state index >= 15 is 0 Å². The number of ether oxygens (including phenoxy) is 8. The van der Waals surface area contributed by atoms with Gasteiger partial charge in [-0.15, -0.1) is 0 Å². The third kappa shape index (κ3) is 6.53. The van der Waals surface area contributed by atoms with Crippen molar-refractivity contribution in [3.05, 3.63) is 24.3 Å². The van der Waals surface area contributed by atoms with Crippen molar-refractivity contribution in [3.8, 4) is 0 Å². The number of Topliss-reactive ketones (excluding diaryl/α,β-unsaturated/α-hetero) is 1. The molecule has 0 aromatic rings. The lowest BCUT2D eigenvalue weighted by Gasteiger charge is -2.47. The van der Waals surface area contributed by atoms with Crippen LogP contribution in [0.25, 0.3) is 0 Å². The van der Waals surface area contributed by atoms with E-state index in [2.05, 4.69) is 27.0 Å². The summed E-state index contributed by atoms with van der Waals surface area (Å²) < 4.78 is 53.9. The quantitative estimate of drug-likeness (QED) is 0.410. The Balaban J connectivity index is 0.986. The van der Waals surface area contributed by atoms with Crippen molar-refractivity contribution in [1.82, 2.24) is 0 Å². The minimum atomic E-state index is -0.872. The Morgan fingerprint density at radius 3 is 2.33 bits per heavy atom. The van der Waals surface area contributed by atoms with Gasteiger partial charge in [-0.2, -0.15) is 0 Å². The van der Waals surface area contributed by atoms with E-state index in [0.29, 0.717) is 44.4 Å². The molecule has 19 atom stereocenters. The Kier molecular flexibility index (Phi) is 9.59. The van der Waals surface area contributed by atoms with Gasteiger partial charge in [0.25, 0.3) is 0 Å². The predicted molar refractivity (Wildman–Crippen MR) is 183 cm³/mol. The third-order valence-electron chi connectivity index (χ3n) is 14.1. The monoisotopic (exact) mass is 714 g/mol. The van der Waals surface area contributed by atoms with Gasteiger partial charge in [0.1, 0.15) is 36.3 Å². The summed E-state index contributed by atoms with van der Waals surface area (Å²) in [5, 5.41) is 20.0. The lowest BCUT2D eigenvalue weighted by molar-refractivity contribution is -0.292. The SMILES string of the molecule is C=C1C[C@@H]2CC[C@@]34C[C@H]5O[C@H]6[C@@H](O3)C3OC(CCC3O[C@H]6C5O4)CC(=O)C[C@@H]3[C@@H](C)[C@@H](C[C@H](O)CO)O[C@H]3C[C@H]3O[C@@H](CC[C@@H]1O2)C[C@@H](C)C3=C. The number of carbonyl (C=O) groups excluding carboxylic acids is 1. The van der Waals surface area contributed by atoms with E-state index in [1.165, 1.54) is 0 Å². The van der Waals surface area contributed by atoms with Gasteiger partial charge in [0.2, 0.25) is 0 Å². The van der Waals surface area contributed by atoms with Gasteiger partial charge in [0, 0.05) is 38.5 Å². The standard InChI is InChI=1S/C40H58O11/c1-19-11-25-5-7-29-20(2)12-27(44-29)9-10-40-17-34-36(50-40)37-38(49-34)39(51-40)35-30(48-37)8-6-26(46-35)13-23(42)14-28-22(4)31(15-24(43)18-41)47-33(28)16-32(45-25)21(19)3/h19,22,24-39,41,43H,2-3,5-18H2,1,4H3/t19-,22-,24+,25+,26?,27+,28-,29+,30?,31-,32-,33+,34-,35?,36?,37+,38-,39+,40+/m1/s1. The molecule has 51 heavy (non-hydrogen) atoms. The van der Waals surface area contributed by atoms with Crippen molar-refractivity contribution >= 4 is 5.78 Å². The second-order valence-electron chi connectivity index (χ2n) is 17.5. The fraction of sp³-hybridized carbons (Fsp3) is 0.875. The van der Waals surface area contributed by atoms with Crippen LogP contribution in [0.2, 0.25) is 0 Å². The van der Waals surface area contributed by atoms with Gasteiger partial charge in [-0.05, 0) is 73.8 Å². The number of rotatable bonds is 3. The van der Waals surface area contributed by atoms with Gasteiger partial charge in [-0.3, -0.25) is 4.79 Å². The number of ketones is 1. The minimum absolute atomic E-state index is 0.00894. The average Bonchev–Trinajstić information content (AvgIpc) is 3.77. The minimum Gasteiger partial charge on any atom is -0.394 e. The molecular weight excluding hydrogens is 656 g/mol. The van der Waals surface area contributed by atoms with Crippen LogP contribution in [0.4, 0.5) is 0 Å². The maximum Gasteiger partial charge on any atom is 0.172 e. The highest BCUT2D eigenvalue weighted by Gasteiger charge is 2.68. The van der Waals surface area contributed by atoms with E-state index in [1.807, 2.05) is 0 Å².